The van der Waals surface area contributed by atoms with Crippen LogP contribution in [-0.2, 0) is 32.7 Å². The Morgan fingerprint density at radius 1 is 1.05 bits per heavy atom. The van der Waals surface area contributed by atoms with Crippen LogP contribution in [0.25, 0.3) is 0 Å². The Labute approximate surface area is 233 Å². The molecular formula is C33H43NO5. The van der Waals surface area contributed by atoms with E-state index in [4.69, 9.17) is 14.2 Å². The Balaban J connectivity index is 1.27. The molecule has 0 spiro atoms. The maximum atomic E-state index is 13.3. The first-order valence-corrected chi connectivity index (χ1v) is 15.0. The van der Waals surface area contributed by atoms with Gasteiger partial charge in [0.2, 0.25) is 6.79 Å². The molecule has 1 heterocycles. The van der Waals surface area contributed by atoms with Crippen LogP contribution < -0.4 is 4.74 Å². The molecule has 4 atom stereocenters. The number of carbonyl (C=O) groups is 2. The van der Waals surface area contributed by atoms with Crippen molar-refractivity contribution in [1.82, 2.24) is 4.90 Å². The van der Waals surface area contributed by atoms with Crippen molar-refractivity contribution in [2.45, 2.75) is 96.1 Å². The molecule has 6 heteroatoms. The summed E-state index contributed by atoms with van der Waals surface area (Å²) in [6.45, 7) is 5.14. The number of carbonyl (C=O) groups excluding carboxylic acids is 2. The highest BCUT2D eigenvalue weighted by atomic mass is 16.7. The average Bonchev–Trinajstić information content (AvgIpc) is 2.97. The number of esters is 1. The van der Waals surface area contributed by atoms with E-state index in [0.29, 0.717) is 19.1 Å². The molecule has 1 unspecified atom stereocenters. The van der Waals surface area contributed by atoms with E-state index in [1.54, 1.807) is 0 Å². The summed E-state index contributed by atoms with van der Waals surface area (Å²) in [4.78, 5) is 27.8. The molecule has 6 nitrogen and oxygen atoms in total. The Kier molecular flexibility index (Phi) is 8.79. The molecule has 2 aromatic rings. The van der Waals surface area contributed by atoms with Gasteiger partial charge in [-0.05, 0) is 73.3 Å². The Hall–Kier alpha value is -3.02. The van der Waals surface area contributed by atoms with E-state index in [1.807, 2.05) is 48.2 Å². The number of fused-ring (bicyclic) bond motifs is 1. The highest BCUT2D eigenvalue weighted by Gasteiger charge is 2.55. The van der Waals surface area contributed by atoms with Crippen molar-refractivity contribution in [3.8, 4) is 5.75 Å². The Morgan fingerprint density at radius 3 is 2.69 bits per heavy atom. The quantitative estimate of drug-likeness (QED) is 0.239. The van der Waals surface area contributed by atoms with Gasteiger partial charge in [-0.3, -0.25) is 4.79 Å². The predicted molar refractivity (Wildman–Crippen MR) is 150 cm³/mol. The first-order valence-electron chi connectivity index (χ1n) is 15.0. The molecule has 2 bridgehead atoms. The molecule has 3 aliphatic rings. The van der Waals surface area contributed by atoms with Crippen molar-refractivity contribution in [3.63, 3.8) is 0 Å². The number of nitrogens with zero attached hydrogens (tertiary/aromatic N) is 1. The summed E-state index contributed by atoms with van der Waals surface area (Å²) >= 11 is 0. The number of ether oxygens (including phenoxy) is 3. The lowest BCUT2D eigenvalue weighted by Crippen LogP contribution is -2.62. The van der Waals surface area contributed by atoms with Crippen molar-refractivity contribution in [2.24, 2.45) is 11.8 Å². The first kappa shape index (κ1) is 27.5. The number of piperidine rings is 1. The number of benzene rings is 2. The van der Waals surface area contributed by atoms with Crippen LogP contribution in [0.1, 0.15) is 88.3 Å². The van der Waals surface area contributed by atoms with E-state index >= 15 is 0 Å². The van der Waals surface area contributed by atoms with Gasteiger partial charge in [0.1, 0.15) is 12.4 Å². The summed E-state index contributed by atoms with van der Waals surface area (Å²) in [5, 5.41) is 0. The lowest BCUT2D eigenvalue weighted by molar-refractivity contribution is -0.155. The smallest absolute Gasteiger partial charge is 0.410 e. The van der Waals surface area contributed by atoms with Gasteiger partial charge in [-0.1, -0.05) is 75.9 Å². The minimum absolute atomic E-state index is 0.0551. The van der Waals surface area contributed by atoms with E-state index in [2.05, 4.69) is 19.1 Å². The largest absolute Gasteiger partial charge is 0.457 e. The molecule has 210 valence electrons. The predicted octanol–water partition coefficient (Wildman–Crippen LogP) is 7.18. The van der Waals surface area contributed by atoms with E-state index in [1.165, 1.54) is 24.0 Å². The lowest BCUT2D eigenvalue weighted by atomic mass is 9.52. The van der Waals surface area contributed by atoms with Crippen LogP contribution >= 0.6 is 0 Å². The number of unbranched alkanes of at least 4 members (excludes halogenated alkanes) is 1. The summed E-state index contributed by atoms with van der Waals surface area (Å²) in [7, 11) is 0. The third-order valence-corrected chi connectivity index (χ3v) is 9.41. The van der Waals surface area contributed by atoms with Gasteiger partial charge in [0, 0.05) is 18.0 Å². The monoisotopic (exact) mass is 533 g/mol. The molecule has 1 saturated carbocycles. The van der Waals surface area contributed by atoms with Crippen LogP contribution in [0, 0.1) is 11.8 Å². The van der Waals surface area contributed by atoms with E-state index in [0.717, 1.165) is 62.7 Å². The number of amides is 1. The van der Waals surface area contributed by atoms with Gasteiger partial charge in [-0.2, -0.15) is 0 Å². The van der Waals surface area contributed by atoms with Crippen molar-refractivity contribution in [1.29, 1.82) is 0 Å². The van der Waals surface area contributed by atoms with Crippen LogP contribution in [0.3, 0.4) is 0 Å². The minimum atomic E-state index is -0.197. The summed E-state index contributed by atoms with van der Waals surface area (Å²) in [6.07, 6.45) is 10.0. The topological polar surface area (TPSA) is 65.1 Å². The molecule has 1 amide bonds. The highest BCUT2D eigenvalue weighted by Crippen LogP contribution is 2.56. The van der Waals surface area contributed by atoms with Gasteiger partial charge in [0.25, 0.3) is 0 Å². The first-order chi connectivity index (χ1) is 19.1. The van der Waals surface area contributed by atoms with Crippen molar-refractivity contribution in [2.75, 3.05) is 13.3 Å². The zero-order chi connectivity index (χ0) is 27.2. The second-order valence-corrected chi connectivity index (χ2v) is 11.6. The van der Waals surface area contributed by atoms with E-state index < -0.39 is 0 Å². The molecular weight excluding hydrogens is 490 g/mol. The molecule has 2 aliphatic carbocycles. The van der Waals surface area contributed by atoms with Crippen LogP contribution in [0.15, 0.2) is 48.5 Å². The summed E-state index contributed by atoms with van der Waals surface area (Å²) in [5.41, 5.74) is 3.75. The zero-order valence-corrected chi connectivity index (χ0v) is 23.5. The molecule has 39 heavy (non-hydrogen) atoms. The Morgan fingerprint density at radius 2 is 1.90 bits per heavy atom. The number of likely N-dealkylation sites (tertiary alicyclic amines) is 1. The molecule has 0 N–H and O–H groups in total. The van der Waals surface area contributed by atoms with Crippen molar-refractivity contribution >= 4 is 12.1 Å². The summed E-state index contributed by atoms with van der Waals surface area (Å²) < 4.78 is 17.2. The third kappa shape index (κ3) is 5.80. The molecule has 0 aromatic heterocycles. The zero-order valence-electron chi connectivity index (χ0n) is 23.5. The second-order valence-electron chi connectivity index (χ2n) is 11.6. The molecule has 2 fully saturated rings. The molecule has 2 aromatic carbocycles. The third-order valence-electron chi connectivity index (χ3n) is 9.41. The highest BCUT2D eigenvalue weighted by molar-refractivity contribution is 5.72. The van der Waals surface area contributed by atoms with Crippen LogP contribution in [0.5, 0.6) is 5.75 Å². The van der Waals surface area contributed by atoms with E-state index in [-0.39, 0.29) is 36.2 Å². The maximum absolute atomic E-state index is 13.3. The van der Waals surface area contributed by atoms with Gasteiger partial charge in [-0.15, -0.1) is 0 Å². The molecule has 0 radical (unpaired) electrons. The summed E-state index contributed by atoms with van der Waals surface area (Å²) in [5.74, 6) is 0.961. The van der Waals surface area contributed by atoms with Crippen molar-refractivity contribution in [3.05, 3.63) is 65.2 Å². The lowest BCUT2D eigenvalue weighted by Gasteiger charge is -2.58. The number of rotatable bonds is 10. The fraction of sp³-hybridized carbons (Fsp3) is 0.576. The van der Waals surface area contributed by atoms with E-state index in [9.17, 15) is 9.59 Å². The Bertz CT molecular complexity index is 1130. The minimum Gasteiger partial charge on any atom is -0.457 e. The van der Waals surface area contributed by atoms with Gasteiger partial charge < -0.3 is 19.1 Å². The molecule has 1 aliphatic heterocycles. The van der Waals surface area contributed by atoms with Gasteiger partial charge >= 0.3 is 12.1 Å². The van der Waals surface area contributed by atoms with Gasteiger partial charge in [0.15, 0.2) is 0 Å². The molecule has 1 saturated heterocycles. The van der Waals surface area contributed by atoms with Gasteiger partial charge in [0.05, 0.1) is 5.92 Å². The average molecular weight is 534 g/mol. The fourth-order valence-corrected chi connectivity index (χ4v) is 7.32. The number of hydrogen-bond donors (Lipinski definition) is 0. The van der Waals surface area contributed by atoms with Crippen molar-refractivity contribution < 1.29 is 23.8 Å². The van der Waals surface area contributed by atoms with Crippen LogP contribution in [0.4, 0.5) is 4.79 Å². The SMILES string of the molecule is CCCCC(CC)C(=O)OCOc1ccc2c(c1)[C@@]13CCCC[C@H]1[C@@H](C2)N(C(=O)OCc1ccccc1)CC3. The standard InChI is InChI=1S/C33H43NO5/c1-3-5-13-25(4-2)31(35)39-23-38-27-16-15-26-20-30-28-14-9-10-17-33(28,29(26)21-27)18-19-34(30)32(36)37-22-24-11-7-6-8-12-24/h6-8,11-12,15-16,21,25,28,30H,3-5,9-10,13-14,17-20,22-23H2,1-2H3/t25?,28-,30+,33+/m0/s1. The molecule has 5 rings (SSSR count). The second kappa shape index (κ2) is 12.4. The summed E-state index contributed by atoms with van der Waals surface area (Å²) in [6, 6.07) is 16.4. The maximum Gasteiger partial charge on any atom is 0.410 e. The number of hydrogen-bond acceptors (Lipinski definition) is 5. The normalized spacial score (nSPS) is 24.2. The van der Waals surface area contributed by atoms with Crippen LogP contribution in [0.2, 0.25) is 0 Å². The fourth-order valence-electron chi connectivity index (χ4n) is 7.32. The van der Waals surface area contributed by atoms with Crippen LogP contribution in [-0.4, -0.2) is 36.3 Å². The van der Waals surface area contributed by atoms with Gasteiger partial charge in [-0.25, -0.2) is 4.79 Å².